The Morgan fingerprint density at radius 2 is 2.10 bits per heavy atom. The number of fused-ring (bicyclic) bond motifs is 1. The molecule has 1 aliphatic heterocycles. The van der Waals surface area contributed by atoms with Crippen molar-refractivity contribution in [3.05, 3.63) is 29.3 Å². The van der Waals surface area contributed by atoms with Crippen LogP contribution in [0.3, 0.4) is 0 Å². The van der Waals surface area contributed by atoms with Crippen LogP contribution < -0.4 is 5.32 Å². The van der Waals surface area contributed by atoms with Gasteiger partial charge in [0.2, 0.25) is 10.0 Å². The minimum Gasteiger partial charge on any atom is -0.312 e. The molecule has 1 aliphatic rings. The smallest absolute Gasteiger partial charge is 0.243 e. The second kappa shape index (κ2) is 6.24. The monoisotopic (exact) mass is 296 g/mol. The Balaban J connectivity index is 2.43. The maximum absolute atomic E-state index is 12.9. The fraction of sp³-hybridized carbons (Fsp3) is 0.600. The van der Waals surface area contributed by atoms with Gasteiger partial charge >= 0.3 is 0 Å². The second-order valence-electron chi connectivity index (χ2n) is 5.67. The normalized spacial score (nSPS) is 15.7. The summed E-state index contributed by atoms with van der Waals surface area (Å²) >= 11 is 0. The highest BCUT2D eigenvalue weighted by atomic mass is 32.2. The summed E-state index contributed by atoms with van der Waals surface area (Å²) in [4.78, 5) is 0.499. The van der Waals surface area contributed by atoms with Gasteiger partial charge in [-0.3, -0.25) is 0 Å². The summed E-state index contributed by atoms with van der Waals surface area (Å²) in [5.41, 5.74) is 2.10. The molecule has 0 spiro atoms. The molecule has 0 aliphatic carbocycles. The van der Waals surface area contributed by atoms with Gasteiger partial charge in [-0.15, -0.1) is 0 Å². The SMILES string of the molecule is CCN(CC(C)C)S(=O)(=O)c1cccc2c1CCNC2. The zero-order valence-corrected chi connectivity index (χ0v) is 13.3. The maximum atomic E-state index is 12.9. The minimum atomic E-state index is -3.38. The number of hydrogen-bond acceptors (Lipinski definition) is 3. The van der Waals surface area contributed by atoms with Crippen LogP contribution in [0.5, 0.6) is 0 Å². The van der Waals surface area contributed by atoms with Crippen LogP contribution in [0.1, 0.15) is 31.9 Å². The molecule has 0 fully saturated rings. The summed E-state index contributed by atoms with van der Waals surface area (Å²) in [7, 11) is -3.38. The van der Waals surface area contributed by atoms with Crippen LogP contribution in [0.4, 0.5) is 0 Å². The largest absolute Gasteiger partial charge is 0.312 e. The van der Waals surface area contributed by atoms with E-state index in [0.29, 0.717) is 23.9 Å². The molecular weight excluding hydrogens is 272 g/mol. The molecule has 20 heavy (non-hydrogen) atoms. The van der Waals surface area contributed by atoms with Gasteiger partial charge in [0.25, 0.3) is 0 Å². The van der Waals surface area contributed by atoms with Crippen LogP contribution in [0, 0.1) is 5.92 Å². The number of sulfonamides is 1. The molecule has 112 valence electrons. The lowest BCUT2D eigenvalue weighted by Gasteiger charge is -2.26. The van der Waals surface area contributed by atoms with Crippen molar-refractivity contribution in [3.63, 3.8) is 0 Å². The summed E-state index contributed by atoms with van der Waals surface area (Å²) in [6.45, 7) is 8.68. The first-order valence-electron chi connectivity index (χ1n) is 7.28. The average molecular weight is 296 g/mol. The van der Waals surface area contributed by atoms with E-state index >= 15 is 0 Å². The first kappa shape index (κ1) is 15.5. The molecule has 1 N–H and O–H groups in total. The highest BCUT2D eigenvalue weighted by molar-refractivity contribution is 7.89. The van der Waals surface area contributed by atoms with Crippen molar-refractivity contribution in [2.75, 3.05) is 19.6 Å². The summed E-state index contributed by atoms with van der Waals surface area (Å²) < 4.78 is 27.3. The zero-order chi connectivity index (χ0) is 14.8. The number of hydrogen-bond donors (Lipinski definition) is 1. The highest BCUT2D eigenvalue weighted by Crippen LogP contribution is 2.26. The maximum Gasteiger partial charge on any atom is 0.243 e. The van der Waals surface area contributed by atoms with E-state index in [0.717, 1.165) is 30.6 Å². The third kappa shape index (κ3) is 3.05. The number of benzene rings is 1. The third-order valence-electron chi connectivity index (χ3n) is 3.64. The minimum absolute atomic E-state index is 0.325. The predicted octanol–water partition coefficient (Wildman–Crippen LogP) is 2.00. The van der Waals surface area contributed by atoms with Gasteiger partial charge in [0.1, 0.15) is 0 Å². The van der Waals surface area contributed by atoms with E-state index in [9.17, 15) is 8.42 Å². The Hall–Kier alpha value is -0.910. The van der Waals surface area contributed by atoms with Crippen molar-refractivity contribution in [1.29, 1.82) is 0 Å². The summed E-state index contributed by atoms with van der Waals surface area (Å²) in [5, 5.41) is 3.29. The second-order valence-corrected chi connectivity index (χ2v) is 7.58. The Morgan fingerprint density at radius 1 is 1.35 bits per heavy atom. The van der Waals surface area contributed by atoms with Crippen LogP contribution >= 0.6 is 0 Å². The Kier molecular flexibility index (Phi) is 4.83. The molecule has 0 saturated heterocycles. The van der Waals surface area contributed by atoms with Gasteiger partial charge in [0.15, 0.2) is 0 Å². The van der Waals surface area contributed by atoms with Gasteiger partial charge in [0.05, 0.1) is 4.90 Å². The van der Waals surface area contributed by atoms with Gasteiger partial charge in [-0.1, -0.05) is 32.9 Å². The van der Waals surface area contributed by atoms with Crippen LogP contribution in [-0.2, 0) is 23.0 Å². The number of rotatable bonds is 5. The fourth-order valence-electron chi connectivity index (χ4n) is 2.68. The predicted molar refractivity (Wildman–Crippen MR) is 81.1 cm³/mol. The lowest BCUT2D eigenvalue weighted by Crippen LogP contribution is -2.35. The van der Waals surface area contributed by atoms with Crippen molar-refractivity contribution in [2.24, 2.45) is 5.92 Å². The van der Waals surface area contributed by atoms with Crippen LogP contribution in [0.25, 0.3) is 0 Å². The molecule has 1 aromatic rings. The quantitative estimate of drug-likeness (QED) is 0.904. The standard InChI is InChI=1S/C15H24N2O2S/c1-4-17(11-12(2)3)20(18,19)15-7-5-6-13-10-16-9-8-14(13)15/h5-7,12,16H,4,8-11H2,1-3H3. The molecule has 1 aromatic carbocycles. The third-order valence-corrected chi connectivity index (χ3v) is 5.66. The molecule has 0 amide bonds. The summed E-state index contributed by atoms with van der Waals surface area (Å²) in [6.07, 6.45) is 0.782. The van der Waals surface area contributed by atoms with Gasteiger partial charge in [-0.2, -0.15) is 4.31 Å². The van der Waals surface area contributed by atoms with E-state index in [1.54, 1.807) is 10.4 Å². The fourth-order valence-corrected chi connectivity index (χ4v) is 4.59. The Bertz CT molecular complexity index is 567. The number of nitrogens with one attached hydrogen (secondary N) is 1. The molecule has 5 heteroatoms. The van der Waals surface area contributed by atoms with Gasteiger partial charge in [0, 0.05) is 19.6 Å². The van der Waals surface area contributed by atoms with Gasteiger partial charge in [-0.25, -0.2) is 8.42 Å². The average Bonchev–Trinajstić information content (AvgIpc) is 2.43. The molecule has 4 nitrogen and oxygen atoms in total. The van der Waals surface area contributed by atoms with E-state index < -0.39 is 10.0 Å². The van der Waals surface area contributed by atoms with Crippen LogP contribution in [0.15, 0.2) is 23.1 Å². The topological polar surface area (TPSA) is 49.4 Å². The zero-order valence-electron chi connectivity index (χ0n) is 12.5. The Morgan fingerprint density at radius 3 is 2.75 bits per heavy atom. The lowest BCUT2D eigenvalue weighted by molar-refractivity contribution is 0.380. The summed E-state index contributed by atoms with van der Waals surface area (Å²) in [5.74, 6) is 0.325. The molecule has 0 unspecified atom stereocenters. The van der Waals surface area contributed by atoms with Crippen molar-refractivity contribution < 1.29 is 8.42 Å². The molecule has 0 aromatic heterocycles. The van der Waals surface area contributed by atoms with E-state index in [4.69, 9.17) is 0 Å². The highest BCUT2D eigenvalue weighted by Gasteiger charge is 2.27. The molecule has 0 atom stereocenters. The van der Waals surface area contributed by atoms with Gasteiger partial charge in [-0.05, 0) is 36.1 Å². The molecule has 0 bridgehead atoms. The van der Waals surface area contributed by atoms with Crippen molar-refractivity contribution in [3.8, 4) is 0 Å². The first-order chi connectivity index (χ1) is 9.46. The summed E-state index contributed by atoms with van der Waals surface area (Å²) in [6, 6.07) is 5.61. The van der Waals surface area contributed by atoms with E-state index in [2.05, 4.69) is 5.32 Å². The number of nitrogens with zero attached hydrogens (tertiary/aromatic N) is 1. The van der Waals surface area contributed by atoms with Crippen molar-refractivity contribution >= 4 is 10.0 Å². The van der Waals surface area contributed by atoms with Crippen molar-refractivity contribution in [2.45, 2.75) is 38.6 Å². The first-order valence-corrected chi connectivity index (χ1v) is 8.72. The van der Waals surface area contributed by atoms with E-state index in [-0.39, 0.29) is 0 Å². The van der Waals surface area contributed by atoms with Crippen LogP contribution in [-0.4, -0.2) is 32.4 Å². The Labute approximate surface area is 122 Å². The van der Waals surface area contributed by atoms with Crippen LogP contribution in [0.2, 0.25) is 0 Å². The van der Waals surface area contributed by atoms with E-state index in [1.807, 2.05) is 32.9 Å². The van der Waals surface area contributed by atoms with Gasteiger partial charge < -0.3 is 5.32 Å². The molecular formula is C15H24N2O2S. The molecule has 0 saturated carbocycles. The lowest BCUT2D eigenvalue weighted by atomic mass is 10.0. The molecule has 1 heterocycles. The van der Waals surface area contributed by atoms with Crippen molar-refractivity contribution in [1.82, 2.24) is 9.62 Å². The molecule has 2 rings (SSSR count). The molecule has 0 radical (unpaired) electrons. The van der Waals surface area contributed by atoms with E-state index in [1.165, 1.54) is 0 Å².